The van der Waals surface area contributed by atoms with Crippen LogP contribution in [0.25, 0.3) is 0 Å². The average Bonchev–Trinajstić information content (AvgIpc) is 3.35. The zero-order valence-corrected chi connectivity index (χ0v) is 14.4. The van der Waals surface area contributed by atoms with E-state index in [0.717, 1.165) is 18.0 Å². The second-order valence-corrected chi connectivity index (χ2v) is 8.41. The molecule has 2 heteroatoms. The van der Waals surface area contributed by atoms with E-state index in [1.165, 1.54) is 83.8 Å². The lowest BCUT2D eigenvalue weighted by Gasteiger charge is -2.44. The zero-order chi connectivity index (χ0) is 14.7. The standard InChI is InChI=1S/C19H36N2/c1-3-4-12-21(18-9-10-18)15-19(14-20-17-7-8-17)11-5-6-16(2)13-19/h16-18,20H,3-15H2,1-2H3. The van der Waals surface area contributed by atoms with Crippen molar-refractivity contribution in [1.82, 2.24) is 10.2 Å². The minimum absolute atomic E-state index is 0.580. The van der Waals surface area contributed by atoms with E-state index in [2.05, 4.69) is 24.1 Å². The molecule has 3 saturated carbocycles. The van der Waals surface area contributed by atoms with E-state index in [-0.39, 0.29) is 0 Å². The van der Waals surface area contributed by atoms with Crippen molar-refractivity contribution in [2.75, 3.05) is 19.6 Å². The van der Waals surface area contributed by atoms with Crippen LogP contribution in [0.5, 0.6) is 0 Å². The third kappa shape index (κ3) is 4.69. The van der Waals surface area contributed by atoms with Crippen LogP contribution in [-0.2, 0) is 0 Å². The molecule has 21 heavy (non-hydrogen) atoms. The Labute approximate surface area is 132 Å². The second-order valence-electron chi connectivity index (χ2n) is 8.41. The van der Waals surface area contributed by atoms with Gasteiger partial charge in [-0.05, 0) is 62.8 Å². The number of hydrogen-bond acceptors (Lipinski definition) is 2. The van der Waals surface area contributed by atoms with Gasteiger partial charge in [0.1, 0.15) is 0 Å². The van der Waals surface area contributed by atoms with Gasteiger partial charge >= 0.3 is 0 Å². The molecular formula is C19H36N2. The van der Waals surface area contributed by atoms with E-state index < -0.39 is 0 Å². The summed E-state index contributed by atoms with van der Waals surface area (Å²) in [5, 5.41) is 3.88. The van der Waals surface area contributed by atoms with E-state index >= 15 is 0 Å². The summed E-state index contributed by atoms with van der Waals surface area (Å²) in [6.07, 6.45) is 14.3. The number of hydrogen-bond donors (Lipinski definition) is 1. The predicted molar refractivity (Wildman–Crippen MR) is 90.6 cm³/mol. The Bertz CT molecular complexity index is 322. The lowest BCUT2D eigenvalue weighted by atomic mass is 9.69. The number of nitrogens with one attached hydrogen (secondary N) is 1. The van der Waals surface area contributed by atoms with Crippen LogP contribution in [0, 0.1) is 11.3 Å². The molecule has 0 aliphatic heterocycles. The highest BCUT2D eigenvalue weighted by atomic mass is 15.2. The molecule has 122 valence electrons. The van der Waals surface area contributed by atoms with Crippen LogP contribution in [0.3, 0.4) is 0 Å². The molecule has 0 spiro atoms. The molecule has 0 heterocycles. The van der Waals surface area contributed by atoms with Crippen LogP contribution in [0.1, 0.15) is 78.1 Å². The Kier molecular flexibility index (Phi) is 5.27. The van der Waals surface area contributed by atoms with Crippen molar-refractivity contribution in [3.8, 4) is 0 Å². The summed E-state index contributed by atoms with van der Waals surface area (Å²) >= 11 is 0. The summed E-state index contributed by atoms with van der Waals surface area (Å²) < 4.78 is 0. The van der Waals surface area contributed by atoms with Gasteiger partial charge in [0.25, 0.3) is 0 Å². The first-order valence-corrected chi connectivity index (χ1v) is 9.68. The van der Waals surface area contributed by atoms with E-state index in [9.17, 15) is 0 Å². The highest BCUT2D eigenvalue weighted by molar-refractivity contribution is 4.95. The fourth-order valence-electron chi connectivity index (χ4n) is 4.40. The molecule has 2 atom stereocenters. The Morgan fingerprint density at radius 2 is 1.95 bits per heavy atom. The molecular weight excluding hydrogens is 256 g/mol. The molecule has 0 bridgehead atoms. The molecule has 2 nitrogen and oxygen atoms in total. The van der Waals surface area contributed by atoms with Gasteiger partial charge in [-0.3, -0.25) is 4.90 Å². The van der Waals surface area contributed by atoms with E-state index in [4.69, 9.17) is 0 Å². The normalized spacial score (nSPS) is 33.6. The molecule has 0 radical (unpaired) electrons. The molecule has 3 aliphatic rings. The summed E-state index contributed by atoms with van der Waals surface area (Å²) in [5.41, 5.74) is 0.580. The molecule has 3 fully saturated rings. The van der Waals surface area contributed by atoms with Crippen molar-refractivity contribution in [1.29, 1.82) is 0 Å². The summed E-state index contributed by atoms with van der Waals surface area (Å²) in [6, 6.07) is 1.80. The van der Waals surface area contributed by atoms with Crippen LogP contribution in [-0.4, -0.2) is 36.6 Å². The summed E-state index contributed by atoms with van der Waals surface area (Å²) in [5.74, 6) is 0.937. The number of nitrogens with zero attached hydrogens (tertiary/aromatic N) is 1. The van der Waals surface area contributed by atoms with Gasteiger partial charge in [0, 0.05) is 25.2 Å². The Hall–Kier alpha value is -0.0800. The lowest BCUT2D eigenvalue weighted by molar-refractivity contribution is 0.0747. The first-order valence-electron chi connectivity index (χ1n) is 9.68. The average molecular weight is 293 g/mol. The van der Waals surface area contributed by atoms with Gasteiger partial charge in [0.05, 0.1) is 0 Å². The molecule has 0 saturated heterocycles. The third-order valence-corrected chi connectivity index (χ3v) is 5.93. The second kappa shape index (κ2) is 7.00. The topological polar surface area (TPSA) is 15.3 Å². The number of rotatable bonds is 9. The van der Waals surface area contributed by atoms with Gasteiger partial charge < -0.3 is 5.32 Å². The van der Waals surface area contributed by atoms with E-state index in [1.54, 1.807) is 0 Å². The largest absolute Gasteiger partial charge is 0.313 e. The van der Waals surface area contributed by atoms with Crippen molar-refractivity contribution in [2.45, 2.75) is 90.1 Å². The van der Waals surface area contributed by atoms with Crippen LogP contribution >= 0.6 is 0 Å². The van der Waals surface area contributed by atoms with Gasteiger partial charge in [-0.15, -0.1) is 0 Å². The molecule has 0 amide bonds. The van der Waals surface area contributed by atoms with Crippen LogP contribution in [0.4, 0.5) is 0 Å². The fraction of sp³-hybridized carbons (Fsp3) is 1.00. The van der Waals surface area contributed by atoms with Crippen LogP contribution in [0.2, 0.25) is 0 Å². The highest BCUT2D eigenvalue weighted by Gasteiger charge is 2.40. The quantitative estimate of drug-likeness (QED) is 0.685. The summed E-state index contributed by atoms with van der Waals surface area (Å²) in [4.78, 5) is 2.87. The molecule has 0 aromatic carbocycles. The van der Waals surface area contributed by atoms with Gasteiger partial charge in [-0.2, -0.15) is 0 Å². The SMILES string of the molecule is CCCCN(CC1(CNC2CC2)CCCC(C)C1)C1CC1. The molecule has 1 N–H and O–H groups in total. The smallest absolute Gasteiger partial charge is 0.00966 e. The van der Waals surface area contributed by atoms with Crippen LogP contribution < -0.4 is 5.32 Å². The summed E-state index contributed by atoms with van der Waals surface area (Å²) in [7, 11) is 0. The molecule has 0 aromatic heterocycles. The highest BCUT2D eigenvalue weighted by Crippen LogP contribution is 2.42. The van der Waals surface area contributed by atoms with Crippen molar-refractivity contribution in [3.63, 3.8) is 0 Å². The molecule has 2 unspecified atom stereocenters. The van der Waals surface area contributed by atoms with Crippen molar-refractivity contribution in [2.24, 2.45) is 11.3 Å². The van der Waals surface area contributed by atoms with Crippen molar-refractivity contribution >= 4 is 0 Å². The fourth-order valence-corrected chi connectivity index (χ4v) is 4.40. The predicted octanol–water partition coefficient (Wildman–Crippen LogP) is 4.20. The van der Waals surface area contributed by atoms with E-state index in [1.807, 2.05) is 0 Å². The van der Waals surface area contributed by atoms with Crippen LogP contribution in [0.15, 0.2) is 0 Å². The monoisotopic (exact) mass is 292 g/mol. The van der Waals surface area contributed by atoms with Crippen molar-refractivity contribution < 1.29 is 0 Å². The Morgan fingerprint density at radius 1 is 1.14 bits per heavy atom. The van der Waals surface area contributed by atoms with Gasteiger partial charge in [-0.1, -0.05) is 33.1 Å². The first-order chi connectivity index (χ1) is 10.2. The summed E-state index contributed by atoms with van der Waals surface area (Å²) in [6.45, 7) is 8.83. The maximum atomic E-state index is 3.88. The van der Waals surface area contributed by atoms with Gasteiger partial charge in [-0.25, -0.2) is 0 Å². The minimum Gasteiger partial charge on any atom is -0.313 e. The molecule has 3 aliphatic carbocycles. The molecule has 3 rings (SSSR count). The third-order valence-electron chi connectivity index (χ3n) is 5.93. The molecule has 0 aromatic rings. The maximum Gasteiger partial charge on any atom is 0.00966 e. The van der Waals surface area contributed by atoms with Crippen molar-refractivity contribution in [3.05, 3.63) is 0 Å². The lowest BCUT2D eigenvalue weighted by Crippen LogP contribution is -2.48. The van der Waals surface area contributed by atoms with Gasteiger partial charge in [0.15, 0.2) is 0 Å². The number of unbranched alkanes of at least 4 members (excludes halogenated alkanes) is 1. The zero-order valence-electron chi connectivity index (χ0n) is 14.4. The Morgan fingerprint density at radius 3 is 2.57 bits per heavy atom. The van der Waals surface area contributed by atoms with E-state index in [0.29, 0.717) is 5.41 Å². The Balaban J connectivity index is 1.61. The first kappa shape index (κ1) is 15.8. The maximum absolute atomic E-state index is 3.88. The minimum atomic E-state index is 0.580. The van der Waals surface area contributed by atoms with Gasteiger partial charge in [0.2, 0.25) is 0 Å².